The summed E-state index contributed by atoms with van der Waals surface area (Å²) in [5, 5.41) is 2.96. The molecule has 0 aromatic carbocycles. The maximum absolute atomic E-state index is 11.1. The molecule has 0 heterocycles. The summed E-state index contributed by atoms with van der Waals surface area (Å²) in [5.74, 6) is 0.699. The van der Waals surface area contributed by atoms with E-state index in [4.69, 9.17) is 11.6 Å². The van der Waals surface area contributed by atoms with Crippen molar-refractivity contribution in [2.24, 2.45) is 5.92 Å². The second-order valence-corrected chi connectivity index (χ2v) is 4.51. The van der Waals surface area contributed by atoms with Crippen LogP contribution in [0.5, 0.6) is 0 Å². The van der Waals surface area contributed by atoms with Crippen molar-refractivity contribution in [3.05, 3.63) is 0 Å². The Morgan fingerprint density at radius 1 is 1.36 bits per heavy atom. The largest absolute Gasteiger partial charge is 0.352 e. The van der Waals surface area contributed by atoms with Gasteiger partial charge in [0, 0.05) is 6.04 Å². The van der Waals surface area contributed by atoms with Crippen LogP contribution in [0.4, 0.5) is 0 Å². The second-order valence-electron chi connectivity index (χ2n) is 4.24. The Labute approximate surface area is 91.4 Å². The predicted octanol–water partition coefficient (Wildman–Crippen LogP) is 2.70. The predicted molar refractivity (Wildman–Crippen MR) is 59.5 cm³/mol. The van der Waals surface area contributed by atoms with Crippen LogP contribution in [0.2, 0.25) is 0 Å². The molecule has 1 aliphatic carbocycles. The molecule has 1 rings (SSSR count). The van der Waals surface area contributed by atoms with Crippen molar-refractivity contribution < 1.29 is 4.79 Å². The van der Waals surface area contributed by atoms with Crippen LogP contribution in [0.15, 0.2) is 0 Å². The lowest BCUT2D eigenvalue weighted by Crippen LogP contribution is -2.38. The number of rotatable bonds is 3. The maximum Gasteiger partial charge on any atom is 0.235 e. The van der Waals surface area contributed by atoms with Crippen molar-refractivity contribution in [1.82, 2.24) is 5.32 Å². The molecule has 82 valence electrons. The van der Waals surface area contributed by atoms with Crippen molar-refractivity contribution in [1.29, 1.82) is 0 Å². The monoisotopic (exact) mass is 217 g/mol. The van der Waals surface area contributed by atoms with Gasteiger partial charge in [-0.15, -0.1) is 11.6 Å². The van der Waals surface area contributed by atoms with Crippen LogP contribution in [0.3, 0.4) is 0 Å². The first-order valence-electron chi connectivity index (χ1n) is 5.59. The van der Waals surface area contributed by atoms with Gasteiger partial charge in [-0.25, -0.2) is 0 Å². The lowest BCUT2D eigenvalue weighted by molar-refractivity contribution is -0.119. The molecule has 3 heteroatoms. The number of nitrogens with one attached hydrogen (secondary N) is 1. The van der Waals surface area contributed by atoms with Gasteiger partial charge in [-0.1, -0.05) is 25.7 Å². The van der Waals surface area contributed by atoms with Gasteiger partial charge in [0.1, 0.15) is 5.88 Å². The van der Waals surface area contributed by atoms with E-state index in [0.29, 0.717) is 12.0 Å². The van der Waals surface area contributed by atoms with E-state index in [1.54, 1.807) is 0 Å². The summed E-state index contributed by atoms with van der Waals surface area (Å²) in [4.78, 5) is 11.1. The second kappa shape index (κ2) is 6.28. The third-order valence-corrected chi connectivity index (χ3v) is 3.36. The average molecular weight is 218 g/mol. The molecular formula is C11H20ClNO. The van der Waals surface area contributed by atoms with Crippen molar-refractivity contribution in [2.45, 2.75) is 51.5 Å². The third-order valence-electron chi connectivity index (χ3n) is 3.12. The van der Waals surface area contributed by atoms with E-state index in [0.717, 1.165) is 0 Å². The fourth-order valence-corrected chi connectivity index (χ4v) is 2.30. The number of hydrogen-bond acceptors (Lipinski definition) is 1. The van der Waals surface area contributed by atoms with Gasteiger partial charge in [0.25, 0.3) is 0 Å². The Kier molecular flexibility index (Phi) is 5.31. The summed E-state index contributed by atoms with van der Waals surface area (Å²) in [5.41, 5.74) is 0. The molecule has 1 N–H and O–H groups in total. The molecule has 2 nitrogen and oxygen atoms in total. The molecule has 1 aliphatic rings. The van der Waals surface area contributed by atoms with Crippen LogP contribution in [0.25, 0.3) is 0 Å². The smallest absolute Gasteiger partial charge is 0.235 e. The minimum Gasteiger partial charge on any atom is -0.352 e. The van der Waals surface area contributed by atoms with Crippen LogP contribution >= 0.6 is 11.6 Å². The molecule has 1 amide bonds. The average Bonchev–Trinajstić information content (AvgIpc) is 2.45. The van der Waals surface area contributed by atoms with E-state index < -0.39 is 0 Å². The lowest BCUT2D eigenvalue weighted by atomic mass is 9.93. The van der Waals surface area contributed by atoms with Crippen LogP contribution in [-0.4, -0.2) is 17.8 Å². The molecule has 0 aromatic heterocycles. The summed E-state index contributed by atoms with van der Waals surface area (Å²) < 4.78 is 0. The topological polar surface area (TPSA) is 29.1 Å². The van der Waals surface area contributed by atoms with Gasteiger partial charge in [-0.05, 0) is 25.7 Å². The molecule has 0 saturated heterocycles. The molecule has 0 radical (unpaired) electrons. The molecule has 1 saturated carbocycles. The van der Waals surface area contributed by atoms with E-state index in [9.17, 15) is 4.79 Å². The highest BCUT2D eigenvalue weighted by Gasteiger charge is 2.19. The first-order chi connectivity index (χ1) is 6.74. The molecule has 1 atom stereocenters. The summed E-state index contributed by atoms with van der Waals surface area (Å²) in [6.45, 7) is 2.10. The van der Waals surface area contributed by atoms with Gasteiger partial charge in [-0.3, -0.25) is 4.79 Å². The molecule has 14 heavy (non-hydrogen) atoms. The van der Waals surface area contributed by atoms with E-state index >= 15 is 0 Å². The van der Waals surface area contributed by atoms with Gasteiger partial charge in [0.2, 0.25) is 5.91 Å². The molecule has 1 fully saturated rings. The highest BCUT2D eigenvalue weighted by molar-refractivity contribution is 6.27. The highest BCUT2D eigenvalue weighted by atomic mass is 35.5. The van der Waals surface area contributed by atoms with E-state index in [-0.39, 0.29) is 11.8 Å². The lowest BCUT2D eigenvalue weighted by Gasteiger charge is -2.23. The number of hydrogen-bond donors (Lipinski definition) is 1. The molecule has 0 spiro atoms. The van der Waals surface area contributed by atoms with E-state index in [1.807, 2.05) is 0 Å². The first-order valence-corrected chi connectivity index (χ1v) is 6.13. The Morgan fingerprint density at radius 3 is 2.43 bits per heavy atom. The first kappa shape index (κ1) is 11.8. The van der Waals surface area contributed by atoms with Gasteiger partial charge >= 0.3 is 0 Å². The van der Waals surface area contributed by atoms with Gasteiger partial charge in [0.15, 0.2) is 0 Å². The standard InChI is InChI=1S/C11H20ClNO/c1-9(13-11(14)8-12)10-6-4-2-3-5-7-10/h9-10H,2-8H2,1H3,(H,13,14)/t9-/m1/s1. The summed E-state index contributed by atoms with van der Waals surface area (Å²) in [6, 6.07) is 0.291. The van der Waals surface area contributed by atoms with Crippen molar-refractivity contribution in [2.75, 3.05) is 5.88 Å². The maximum atomic E-state index is 11.1. The van der Waals surface area contributed by atoms with Crippen LogP contribution in [0.1, 0.15) is 45.4 Å². The molecular weight excluding hydrogens is 198 g/mol. The fourth-order valence-electron chi connectivity index (χ4n) is 2.22. The summed E-state index contributed by atoms with van der Waals surface area (Å²) in [7, 11) is 0. The SMILES string of the molecule is C[C@@H](NC(=O)CCl)C1CCCCCC1. The van der Waals surface area contributed by atoms with Crippen molar-refractivity contribution in [3.8, 4) is 0 Å². The minimum atomic E-state index is -0.0385. The van der Waals surface area contributed by atoms with Crippen molar-refractivity contribution >= 4 is 17.5 Å². The van der Waals surface area contributed by atoms with Crippen LogP contribution < -0.4 is 5.32 Å². The Hall–Kier alpha value is -0.240. The zero-order valence-electron chi connectivity index (χ0n) is 8.89. The molecule has 0 aliphatic heterocycles. The zero-order valence-corrected chi connectivity index (χ0v) is 9.65. The molecule has 0 unspecified atom stereocenters. The molecule has 0 bridgehead atoms. The van der Waals surface area contributed by atoms with Gasteiger partial charge in [-0.2, -0.15) is 0 Å². The van der Waals surface area contributed by atoms with E-state index in [1.165, 1.54) is 38.5 Å². The Balaban J connectivity index is 2.33. The van der Waals surface area contributed by atoms with Gasteiger partial charge < -0.3 is 5.32 Å². The Morgan fingerprint density at radius 2 is 1.93 bits per heavy atom. The summed E-state index contributed by atoms with van der Waals surface area (Å²) >= 11 is 5.46. The van der Waals surface area contributed by atoms with Gasteiger partial charge in [0.05, 0.1) is 0 Å². The van der Waals surface area contributed by atoms with E-state index in [2.05, 4.69) is 12.2 Å². The number of halogens is 1. The van der Waals surface area contributed by atoms with Crippen molar-refractivity contribution in [3.63, 3.8) is 0 Å². The molecule has 0 aromatic rings. The van der Waals surface area contributed by atoms with Crippen LogP contribution in [0, 0.1) is 5.92 Å². The normalized spacial score (nSPS) is 21.3. The Bertz CT molecular complexity index is 176. The zero-order chi connectivity index (χ0) is 10.4. The number of alkyl halides is 1. The summed E-state index contributed by atoms with van der Waals surface area (Å²) in [6.07, 6.45) is 7.84. The fraction of sp³-hybridized carbons (Fsp3) is 0.909. The quantitative estimate of drug-likeness (QED) is 0.572. The van der Waals surface area contributed by atoms with Crippen LogP contribution in [-0.2, 0) is 4.79 Å². The number of amides is 1. The third kappa shape index (κ3) is 3.87. The number of carbonyl (C=O) groups is 1. The number of carbonyl (C=O) groups excluding carboxylic acids is 1. The highest BCUT2D eigenvalue weighted by Crippen LogP contribution is 2.25. The minimum absolute atomic E-state index is 0.0385.